The fraction of sp³-hybridized carbons (Fsp3) is 0.579. The van der Waals surface area contributed by atoms with Gasteiger partial charge in [-0.3, -0.25) is 14.5 Å². The van der Waals surface area contributed by atoms with E-state index in [2.05, 4.69) is 0 Å². The number of benzene rings is 1. The fourth-order valence-corrected chi connectivity index (χ4v) is 3.19. The van der Waals surface area contributed by atoms with Crippen LogP contribution in [-0.4, -0.2) is 52.0 Å². The molecule has 0 radical (unpaired) electrons. The normalized spacial score (nSPS) is 18.8. The van der Waals surface area contributed by atoms with Gasteiger partial charge in [0.1, 0.15) is 5.82 Å². The Bertz CT molecular complexity index is 627. The molecule has 138 valence electrons. The van der Waals surface area contributed by atoms with Gasteiger partial charge in [0, 0.05) is 18.6 Å². The monoisotopic (exact) mass is 350 g/mol. The molecule has 0 spiro atoms. The molecule has 1 atom stereocenters. The topological polar surface area (TPSA) is 60.9 Å². The highest BCUT2D eigenvalue weighted by atomic mass is 19.1. The molecule has 1 amide bonds. The van der Waals surface area contributed by atoms with Gasteiger partial charge in [-0.25, -0.2) is 4.39 Å². The molecule has 25 heavy (non-hydrogen) atoms. The summed E-state index contributed by atoms with van der Waals surface area (Å²) in [6, 6.07) is 6.26. The van der Waals surface area contributed by atoms with Crippen molar-refractivity contribution in [2.75, 3.05) is 19.6 Å². The Morgan fingerprint density at radius 1 is 1.36 bits per heavy atom. The van der Waals surface area contributed by atoms with E-state index in [1.54, 1.807) is 17.0 Å². The molecule has 0 aromatic heterocycles. The van der Waals surface area contributed by atoms with E-state index in [4.69, 9.17) is 0 Å². The third kappa shape index (κ3) is 5.53. The number of aliphatic carboxylic acids is 1. The molecular formula is C19H27FN2O3. The summed E-state index contributed by atoms with van der Waals surface area (Å²) < 4.78 is 13.4. The first kappa shape index (κ1) is 19.4. The van der Waals surface area contributed by atoms with Gasteiger partial charge in [0.25, 0.3) is 0 Å². The molecule has 1 aliphatic heterocycles. The predicted octanol–water partition coefficient (Wildman–Crippen LogP) is 2.75. The number of carboxylic acids is 1. The van der Waals surface area contributed by atoms with E-state index in [9.17, 15) is 19.1 Å². The van der Waals surface area contributed by atoms with Crippen molar-refractivity contribution < 1.29 is 19.1 Å². The van der Waals surface area contributed by atoms with E-state index in [1.807, 2.05) is 25.7 Å². The zero-order valence-corrected chi connectivity index (χ0v) is 15.2. The number of amides is 1. The highest BCUT2D eigenvalue weighted by Crippen LogP contribution is 2.21. The van der Waals surface area contributed by atoms with E-state index in [-0.39, 0.29) is 18.3 Å². The number of carboxylic acid groups (broad SMARTS) is 1. The fourth-order valence-electron chi connectivity index (χ4n) is 3.19. The van der Waals surface area contributed by atoms with Gasteiger partial charge in [0.15, 0.2) is 0 Å². The molecule has 1 unspecified atom stereocenters. The van der Waals surface area contributed by atoms with Gasteiger partial charge in [-0.15, -0.1) is 0 Å². The maximum atomic E-state index is 13.4. The van der Waals surface area contributed by atoms with Crippen molar-refractivity contribution in [2.24, 2.45) is 5.92 Å². The largest absolute Gasteiger partial charge is 0.481 e. The minimum absolute atomic E-state index is 0.0669. The van der Waals surface area contributed by atoms with Crippen molar-refractivity contribution in [1.82, 2.24) is 9.80 Å². The number of halogens is 1. The van der Waals surface area contributed by atoms with Crippen molar-refractivity contribution in [2.45, 2.75) is 45.7 Å². The molecule has 6 heteroatoms. The molecule has 0 saturated carbocycles. The lowest BCUT2D eigenvalue weighted by molar-refractivity contribution is -0.146. The van der Waals surface area contributed by atoms with E-state index >= 15 is 0 Å². The highest BCUT2D eigenvalue weighted by molar-refractivity contribution is 5.79. The van der Waals surface area contributed by atoms with Gasteiger partial charge >= 0.3 is 5.97 Å². The number of rotatable bonds is 5. The van der Waals surface area contributed by atoms with Crippen LogP contribution in [0.4, 0.5) is 4.39 Å². The lowest BCUT2D eigenvalue weighted by Crippen LogP contribution is -2.51. The summed E-state index contributed by atoms with van der Waals surface area (Å²) in [5, 5.41) is 9.19. The van der Waals surface area contributed by atoms with Crippen LogP contribution in [0, 0.1) is 11.7 Å². The van der Waals surface area contributed by atoms with E-state index in [0.717, 1.165) is 18.5 Å². The van der Waals surface area contributed by atoms with Crippen LogP contribution in [0.25, 0.3) is 0 Å². The van der Waals surface area contributed by atoms with Crippen molar-refractivity contribution in [3.63, 3.8) is 0 Å². The van der Waals surface area contributed by atoms with Gasteiger partial charge in [0.05, 0.1) is 12.5 Å². The Morgan fingerprint density at radius 2 is 2.08 bits per heavy atom. The van der Waals surface area contributed by atoms with Gasteiger partial charge in [0.2, 0.25) is 5.91 Å². The Labute approximate surface area is 148 Å². The maximum Gasteiger partial charge on any atom is 0.307 e. The third-order valence-electron chi connectivity index (χ3n) is 4.55. The number of nitrogens with zero attached hydrogens (tertiary/aromatic N) is 2. The molecule has 1 aromatic rings. The maximum absolute atomic E-state index is 13.4. The first-order chi connectivity index (χ1) is 11.7. The average molecular weight is 350 g/mol. The molecule has 1 fully saturated rings. The van der Waals surface area contributed by atoms with Crippen molar-refractivity contribution in [1.29, 1.82) is 0 Å². The second-order valence-corrected chi connectivity index (χ2v) is 7.69. The van der Waals surface area contributed by atoms with Crippen LogP contribution in [0.1, 0.15) is 39.2 Å². The van der Waals surface area contributed by atoms with Gasteiger partial charge in [-0.1, -0.05) is 12.1 Å². The minimum atomic E-state index is -0.801. The van der Waals surface area contributed by atoms with Crippen molar-refractivity contribution in [3.8, 4) is 0 Å². The molecule has 1 saturated heterocycles. The Morgan fingerprint density at radius 3 is 2.68 bits per heavy atom. The second kappa shape index (κ2) is 7.95. The minimum Gasteiger partial charge on any atom is -0.481 e. The number of likely N-dealkylation sites (tertiary alicyclic amines) is 1. The molecule has 0 aliphatic carbocycles. The number of hydrogen-bond acceptors (Lipinski definition) is 3. The summed E-state index contributed by atoms with van der Waals surface area (Å²) >= 11 is 0. The quantitative estimate of drug-likeness (QED) is 0.887. The molecule has 5 nitrogen and oxygen atoms in total. The van der Waals surface area contributed by atoms with Crippen LogP contribution < -0.4 is 0 Å². The Hall–Kier alpha value is -1.95. The Kier molecular flexibility index (Phi) is 6.16. The molecule has 1 N–H and O–H groups in total. The van der Waals surface area contributed by atoms with Crippen LogP contribution in [0.15, 0.2) is 24.3 Å². The Balaban J connectivity index is 2.07. The molecule has 1 aromatic carbocycles. The molecule has 2 rings (SSSR count). The summed E-state index contributed by atoms with van der Waals surface area (Å²) in [6.07, 6.45) is 1.44. The summed E-state index contributed by atoms with van der Waals surface area (Å²) in [5.74, 6) is -1.60. The zero-order valence-electron chi connectivity index (χ0n) is 15.2. The van der Waals surface area contributed by atoms with Crippen LogP contribution >= 0.6 is 0 Å². The average Bonchev–Trinajstić information content (AvgIpc) is 2.51. The SMILES string of the molecule is CC(C)(C)N(Cc1cccc(F)c1)C(=O)CN1CCCC(C(=O)O)C1. The summed E-state index contributed by atoms with van der Waals surface area (Å²) in [6.45, 7) is 7.49. The van der Waals surface area contributed by atoms with Crippen LogP contribution in [0.5, 0.6) is 0 Å². The first-order valence-electron chi connectivity index (χ1n) is 8.67. The standard InChI is InChI=1S/C19H27FN2O3/c1-19(2,3)22(11-14-6-4-8-16(20)10-14)17(23)13-21-9-5-7-15(12-21)18(24)25/h4,6,8,10,15H,5,7,9,11-13H2,1-3H3,(H,24,25). The van der Waals surface area contributed by atoms with E-state index < -0.39 is 17.4 Å². The number of carbonyl (C=O) groups excluding carboxylic acids is 1. The number of carbonyl (C=O) groups is 2. The summed E-state index contributed by atoms with van der Waals surface area (Å²) in [4.78, 5) is 27.7. The van der Waals surface area contributed by atoms with E-state index in [1.165, 1.54) is 12.1 Å². The summed E-state index contributed by atoms with van der Waals surface area (Å²) in [7, 11) is 0. The first-order valence-corrected chi connectivity index (χ1v) is 8.67. The van der Waals surface area contributed by atoms with E-state index in [0.29, 0.717) is 19.5 Å². The van der Waals surface area contributed by atoms with Gasteiger partial charge in [-0.2, -0.15) is 0 Å². The number of hydrogen-bond donors (Lipinski definition) is 1. The van der Waals surface area contributed by atoms with Crippen LogP contribution in [0.3, 0.4) is 0 Å². The third-order valence-corrected chi connectivity index (χ3v) is 4.55. The van der Waals surface area contributed by atoms with Crippen molar-refractivity contribution >= 4 is 11.9 Å². The predicted molar refractivity (Wildman–Crippen MR) is 93.5 cm³/mol. The highest BCUT2D eigenvalue weighted by Gasteiger charge is 2.31. The molecule has 0 bridgehead atoms. The molecule has 1 heterocycles. The zero-order chi connectivity index (χ0) is 18.6. The van der Waals surface area contributed by atoms with Gasteiger partial charge < -0.3 is 10.0 Å². The van der Waals surface area contributed by atoms with Crippen molar-refractivity contribution in [3.05, 3.63) is 35.6 Å². The van der Waals surface area contributed by atoms with Gasteiger partial charge in [-0.05, 0) is 57.9 Å². The molecule has 1 aliphatic rings. The lowest BCUT2D eigenvalue weighted by Gasteiger charge is -2.38. The summed E-state index contributed by atoms with van der Waals surface area (Å²) in [5.41, 5.74) is 0.330. The lowest BCUT2D eigenvalue weighted by atomic mass is 9.98. The van der Waals surface area contributed by atoms with Crippen LogP contribution in [-0.2, 0) is 16.1 Å². The second-order valence-electron chi connectivity index (χ2n) is 7.69. The van der Waals surface area contributed by atoms with Crippen LogP contribution in [0.2, 0.25) is 0 Å². The smallest absolute Gasteiger partial charge is 0.307 e. The molecular weight excluding hydrogens is 323 g/mol. The number of piperidine rings is 1.